The number of aryl methyl sites for hydroxylation is 1. The summed E-state index contributed by atoms with van der Waals surface area (Å²) in [7, 11) is 0. The average molecular weight is 307 g/mol. The minimum absolute atomic E-state index is 0.724. The minimum Gasteiger partial charge on any atom is -0.265 e. The number of rotatable bonds is 3. The molecule has 96 valence electrons. The van der Waals surface area contributed by atoms with Crippen molar-refractivity contribution >= 4 is 26.8 Å². The molecule has 2 unspecified atom stereocenters. The normalized spacial score (nSPS) is 23.9. The lowest BCUT2D eigenvalue weighted by Crippen LogP contribution is -2.03. The third kappa shape index (κ3) is 2.20. The summed E-state index contributed by atoms with van der Waals surface area (Å²) in [6.45, 7) is 3.11. The highest BCUT2D eigenvalue weighted by Gasteiger charge is 2.24. The van der Waals surface area contributed by atoms with Crippen molar-refractivity contribution in [2.24, 2.45) is 5.92 Å². The summed E-state index contributed by atoms with van der Waals surface area (Å²) in [5, 5.41) is 6.14. The minimum atomic E-state index is 0.724. The Morgan fingerprint density at radius 1 is 1.33 bits per heavy atom. The monoisotopic (exact) mass is 306 g/mol. The highest BCUT2D eigenvalue weighted by atomic mass is 79.9. The number of fused-ring (bicyclic) bond motifs is 1. The maximum atomic E-state index is 4.80. The fourth-order valence-electron chi connectivity index (χ4n) is 3.06. The zero-order chi connectivity index (χ0) is 12.5. The van der Waals surface area contributed by atoms with Crippen molar-refractivity contribution in [3.63, 3.8) is 0 Å². The van der Waals surface area contributed by atoms with Crippen LogP contribution in [0.15, 0.2) is 24.3 Å². The van der Waals surface area contributed by atoms with Gasteiger partial charge in [-0.2, -0.15) is 5.10 Å². The van der Waals surface area contributed by atoms with Crippen LogP contribution in [0.5, 0.6) is 0 Å². The van der Waals surface area contributed by atoms with Crippen molar-refractivity contribution in [1.29, 1.82) is 0 Å². The molecule has 2 atom stereocenters. The molecule has 2 aromatic rings. The molecule has 1 saturated carbocycles. The summed E-state index contributed by atoms with van der Waals surface area (Å²) in [5.74, 6) is 0.804. The maximum absolute atomic E-state index is 4.80. The van der Waals surface area contributed by atoms with Crippen molar-refractivity contribution in [2.45, 2.75) is 44.0 Å². The third-order valence-corrected chi connectivity index (χ3v) is 4.82. The molecule has 3 heteroatoms. The van der Waals surface area contributed by atoms with Gasteiger partial charge in [0.25, 0.3) is 0 Å². The lowest BCUT2D eigenvalue weighted by Gasteiger charge is -2.06. The molecular formula is C15H19BrN2. The smallest absolute Gasteiger partial charge is 0.0706 e. The van der Waals surface area contributed by atoms with Crippen molar-refractivity contribution in [3.8, 4) is 0 Å². The van der Waals surface area contributed by atoms with Gasteiger partial charge in [0.2, 0.25) is 0 Å². The molecule has 1 aliphatic rings. The van der Waals surface area contributed by atoms with Gasteiger partial charge in [-0.3, -0.25) is 4.68 Å². The van der Waals surface area contributed by atoms with Gasteiger partial charge in [0, 0.05) is 16.8 Å². The fourth-order valence-corrected chi connectivity index (χ4v) is 3.85. The lowest BCUT2D eigenvalue weighted by molar-refractivity contribution is 0.533. The Balaban J connectivity index is 1.92. The fraction of sp³-hybridized carbons (Fsp3) is 0.533. The summed E-state index contributed by atoms with van der Waals surface area (Å²) in [4.78, 5) is 0.724. The van der Waals surface area contributed by atoms with Crippen LogP contribution < -0.4 is 0 Å². The zero-order valence-corrected chi connectivity index (χ0v) is 12.4. The molecule has 1 fully saturated rings. The van der Waals surface area contributed by atoms with Crippen LogP contribution in [-0.2, 0) is 13.0 Å². The number of hydrogen-bond acceptors (Lipinski definition) is 1. The van der Waals surface area contributed by atoms with Crippen molar-refractivity contribution < 1.29 is 0 Å². The third-order valence-electron chi connectivity index (χ3n) is 3.99. The van der Waals surface area contributed by atoms with E-state index in [4.69, 9.17) is 5.10 Å². The largest absolute Gasteiger partial charge is 0.265 e. The SMILES string of the molecule is CCn1nc(CC2CCC(Br)C2)c2ccccc21. The number of aromatic nitrogens is 2. The first-order valence-electron chi connectivity index (χ1n) is 6.86. The number of para-hydroxylation sites is 1. The standard InChI is InChI=1S/C15H19BrN2/c1-2-18-15-6-4-3-5-13(15)14(17-18)10-11-7-8-12(16)9-11/h3-6,11-12H,2,7-10H2,1H3. The molecule has 18 heavy (non-hydrogen) atoms. The van der Waals surface area contributed by atoms with Gasteiger partial charge < -0.3 is 0 Å². The van der Waals surface area contributed by atoms with Gasteiger partial charge in [-0.15, -0.1) is 0 Å². The average Bonchev–Trinajstić information content (AvgIpc) is 2.95. The number of hydrogen-bond donors (Lipinski definition) is 0. The van der Waals surface area contributed by atoms with Gasteiger partial charge in [-0.05, 0) is 44.6 Å². The molecule has 1 aromatic carbocycles. The van der Waals surface area contributed by atoms with Crippen LogP contribution in [0.25, 0.3) is 10.9 Å². The molecule has 0 radical (unpaired) electrons. The van der Waals surface area contributed by atoms with E-state index in [1.165, 1.54) is 35.9 Å². The van der Waals surface area contributed by atoms with E-state index in [1.807, 2.05) is 0 Å². The molecule has 1 aliphatic carbocycles. The number of halogens is 1. The molecule has 3 rings (SSSR count). The van der Waals surface area contributed by atoms with E-state index in [9.17, 15) is 0 Å². The summed E-state index contributed by atoms with van der Waals surface area (Å²) >= 11 is 3.74. The molecular weight excluding hydrogens is 288 g/mol. The highest BCUT2D eigenvalue weighted by molar-refractivity contribution is 9.09. The van der Waals surface area contributed by atoms with Gasteiger partial charge in [-0.1, -0.05) is 34.1 Å². The Bertz CT molecular complexity index is 546. The topological polar surface area (TPSA) is 17.8 Å². The van der Waals surface area contributed by atoms with E-state index < -0.39 is 0 Å². The summed E-state index contributed by atoms with van der Waals surface area (Å²) in [5.41, 5.74) is 2.57. The number of alkyl halides is 1. The van der Waals surface area contributed by atoms with Gasteiger partial charge in [0.1, 0.15) is 0 Å². The van der Waals surface area contributed by atoms with Crippen LogP contribution >= 0.6 is 15.9 Å². The Kier molecular flexibility index (Phi) is 3.42. The van der Waals surface area contributed by atoms with Crippen molar-refractivity contribution in [3.05, 3.63) is 30.0 Å². The molecule has 1 heterocycles. The second-order valence-electron chi connectivity index (χ2n) is 5.26. The Hall–Kier alpha value is -0.830. The second-order valence-corrected chi connectivity index (χ2v) is 6.56. The molecule has 0 bridgehead atoms. The Morgan fingerprint density at radius 3 is 2.89 bits per heavy atom. The highest BCUT2D eigenvalue weighted by Crippen LogP contribution is 2.34. The van der Waals surface area contributed by atoms with Crippen molar-refractivity contribution in [1.82, 2.24) is 9.78 Å². The lowest BCUT2D eigenvalue weighted by atomic mass is 10.00. The van der Waals surface area contributed by atoms with Crippen LogP contribution in [0.2, 0.25) is 0 Å². The van der Waals surface area contributed by atoms with E-state index in [0.29, 0.717) is 0 Å². The molecule has 1 aromatic heterocycles. The van der Waals surface area contributed by atoms with Gasteiger partial charge >= 0.3 is 0 Å². The maximum Gasteiger partial charge on any atom is 0.0706 e. The first-order valence-corrected chi connectivity index (χ1v) is 7.78. The van der Waals surface area contributed by atoms with Crippen LogP contribution in [-0.4, -0.2) is 14.6 Å². The molecule has 0 spiro atoms. The van der Waals surface area contributed by atoms with E-state index >= 15 is 0 Å². The van der Waals surface area contributed by atoms with Crippen LogP contribution in [0.1, 0.15) is 31.9 Å². The molecule has 2 nitrogen and oxygen atoms in total. The molecule has 0 amide bonds. The summed E-state index contributed by atoms with van der Waals surface area (Å²) in [6, 6.07) is 8.61. The van der Waals surface area contributed by atoms with Crippen molar-refractivity contribution in [2.75, 3.05) is 0 Å². The van der Waals surface area contributed by atoms with Gasteiger partial charge in [0.05, 0.1) is 11.2 Å². The first-order chi connectivity index (χ1) is 8.78. The van der Waals surface area contributed by atoms with Crippen LogP contribution in [0.3, 0.4) is 0 Å². The first kappa shape index (κ1) is 12.2. The van der Waals surface area contributed by atoms with Gasteiger partial charge in [-0.25, -0.2) is 0 Å². The number of nitrogens with zero attached hydrogens (tertiary/aromatic N) is 2. The second kappa shape index (κ2) is 5.04. The van der Waals surface area contributed by atoms with Crippen LogP contribution in [0, 0.1) is 5.92 Å². The van der Waals surface area contributed by atoms with E-state index in [0.717, 1.165) is 23.7 Å². The number of benzene rings is 1. The quantitative estimate of drug-likeness (QED) is 0.779. The molecule has 0 saturated heterocycles. The van der Waals surface area contributed by atoms with E-state index in [2.05, 4.69) is 51.8 Å². The van der Waals surface area contributed by atoms with Crippen LogP contribution in [0.4, 0.5) is 0 Å². The predicted octanol–water partition coefficient (Wildman–Crippen LogP) is 4.16. The summed E-state index contributed by atoms with van der Waals surface area (Å²) < 4.78 is 2.13. The molecule has 0 aliphatic heterocycles. The zero-order valence-electron chi connectivity index (χ0n) is 10.8. The predicted molar refractivity (Wildman–Crippen MR) is 79.2 cm³/mol. The van der Waals surface area contributed by atoms with E-state index in [1.54, 1.807) is 0 Å². The molecule has 0 N–H and O–H groups in total. The van der Waals surface area contributed by atoms with Gasteiger partial charge in [0.15, 0.2) is 0 Å². The summed E-state index contributed by atoms with van der Waals surface area (Å²) in [6.07, 6.45) is 5.09. The Labute approximate surface area is 117 Å². The van der Waals surface area contributed by atoms with E-state index in [-0.39, 0.29) is 0 Å². The Morgan fingerprint density at radius 2 is 2.17 bits per heavy atom.